The summed E-state index contributed by atoms with van der Waals surface area (Å²) in [5.74, 6) is -0.255. The van der Waals surface area contributed by atoms with Crippen molar-refractivity contribution in [1.29, 1.82) is 0 Å². The van der Waals surface area contributed by atoms with Crippen molar-refractivity contribution in [3.05, 3.63) is 59.9 Å². The fourth-order valence-corrected chi connectivity index (χ4v) is 3.16. The molecule has 0 bridgehead atoms. The van der Waals surface area contributed by atoms with E-state index in [1.165, 1.54) is 12.1 Å². The smallest absolute Gasteiger partial charge is 0.405 e. The summed E-state index contributed by atoms with van der Waals surface area (Å²) in [6, 6.07) is 11.2. The van der Waals surface area contributed by atoms with Gasteiger partial charge in [-0.2, -0.15) is 0 Å². The molecule has 0 spiro atoms. The number of halogens is 3. The summed E-state index contributed by atoms with van der Waals surface area (Å²) in [6.45, 7) is 0. The standard InChI is InChI=1S/C17H16F3NO2/c18-17(19,20)23-14-8-2-1-6-12(14)16(9-5-10-16)15(22)13-7-3-4-11-21-13/h1-4,6-8,11,15,22H,5,9-10H2. The van der Waals surface area contributed by atoms with E-state index in [4.69, 9.17) is 0 Å². The lowest BCUT2D eigenvalue weighted by Gasteiger charge is -2.46. The van der Waals surface area contributed by atoms with Crippen molar-refractivity contribution in [2.45, 2.75) is 37.1 Å². The number of aliphatic hydroxyl groups excluding tert-OH is 1. The Morgan fingerprint density at radius 3 is 2.35 bits per heavy atom. The van der Waals surface area contributed by atoms with Crippen molar-refractivity contribution >= 4 is 0 Å². The van der Waals surface area contributed by atoms with Gasteiger partial charge in [0.1, 0.15) is 11.9 Å². The third-order valence-corrected chi connectivity index (χ3v) is 4.39. The van der Waals surface area contributed by atoms with Gasteiger partial charge in [-0.15, -0.1) is 13.2 Å². The zero-order chi connectivity index (χ0) is 16.5. The molecule has 6 heteroatoms. The molecule has 0 amide bonds. The Bertz CT molecular complexity index is 669. The Morgan fingerprint density at radius 1 is 1.09 bits per heavy atom. The van der Waals surface area contributed by atoms with Crippen molar-refractivity contribution in [3.8, 4) is 5.75 Å². The lowest BCUT2D eigenvalue weighted by atomic mass is 9.60. The molecular weight excluding hydrogens is 307 g/mol. The van der Waals surface area contributed by atoms with Crippen LogP contribution >= 0.6 is 0 Å². The monoisotopic (exact) mass is 323 g/mol. The predicted molar refractivity (Wildman–Crippen MR) is 77.9 cm³/mol. The molecule has 122 valence electrons. The summed E-state index contributed by atoms with van der Waals surface area (Å²) in [4.78, 5) is 4.14. The maximum atomic E-state index is 12.7. The van der Waals surface area contributed by atoms with E-state index in [2.05, 4.69) is 9.72 Å². The fraction of sp³-hybridized carbons (Fsp3) is 0.353. The summed E-state index contributed by atoms with van der Waals surface area (Å²) < 4.78 is 42.1. The zero-order valence-electron chi connectivity index (χ0n) is 12.3. The SMILES string of the molecule is OC(c1ccccn1)C1(c2ccccc2OC(F)(F)F)CCC1. The third-order valence-electron chi connectivity index (χ3n) is 4.39. The summed E-state index contributed by atoms with van der Waals surface area (Å²) >= 11 is 0. The van der Waals surface area contributed by atoms with Crippen LogP contribution in [-0.2, 0) is 5.41 Å². The number of hydrogen-bond acceptors (Lipinski definition) is 3. The summed E-state index contributed by atoms with van der Waals surface area (Å²) in [5.41, 5.74) is 0.0339. The maximum absolute atomic E-state index is 12.7. The number of hydrogen-bond donors (Lipinski definition) is 1. The molecule has 23 heavy (non-hydrogen) atoms. The number of rotatable bonds is 4. The molecule has 3 nitrogen and oxygen atoms in total. The lowest BCUT2D eigenvalue weighted by Crippen LogP contribution is -2.41. The van der Waals surface area contributed by atoms with Gasteiger partial charge in [0.25, 0.3) is 0 Å². The molecule has 1 unspecified atom stereocenters. The Kier molecular flexibility index (Phi) is 4.02. The van der Waals surface area contributed by atoms with Crippen LogP contribution in [0.15, 0.2) is 48.7 Å². The van der Waals surface area contributed by atoms with E-state index in [9.17, 15) is 18.3 Å². The molecule has 1 aromatic carbocycles. The lowest BCUT2D eigenvalue weighted by molar-refractivity contribution is -0.275. The molecular formula is C17H16F3NO2. The molecule has 2 aromatic rings. The summed E-state index contributed by atoms with van der Waals surface area (Å²) in [5, 5.41) is 10.8. The highest BCUT2D eigenvalue weighted by atomic mass is 19.4. The molecule has 1 aromatic heterocycles. The number of aromatic nitrogens is 1. The zero-order valence-corrected chi connectivity index (χ0v) is 12.3. The fourth-order valence-electron chi connectivity index (χ4n) is 3.16. The van der Waals surface area contributed by atoms with Gasteiger partial charge in [-0.1, -0.05) is 30.7 Å². The number of ether oxygens (including phenoxy) is 1. The Labute approximate surface area is 131 Å². The molecule has 1 N–H and O–H groups in total. The molecule has 1 fully saturated rings. The molecule has 0 radical (unpaired) electrons. The normalized spacial score (nSPS) is 18.1. The van der Waals surface area contributed by atoms with Gasteiger partial charge in [0.15, 0.2) is 0 Å². The van der Waals surface area contributed by atoms with Gasteiger partial charge in [-0.3, -0.25) is 4.98 Å². The molecule has 1 heterocycles. The number of alkyl halides is 3. The van der Waals surface area contributed by atoms with E-state index in [-0.39, 0.29) is 5.75 Å². The average molecular weight is 323 g/mol. The van der Waals surface area contributed by atoms with E-state index < -0.39 is 17.9 Å². The molecule has 0 saturated heterocycles. The highest BCUT2D eigenvalue weighted by molar-refractivity contribution is 5.43. The average Bonchev–Trinajstić information content (AvgIpc) is 2.47. The molecule has 1 aliphatic rings. The predicted octanol–water partition coefficient (Wildman–Crippen LogP) is 4.14. The molecule has 3 rings (SSSR count). The maximum Gasteiger partial charge on any atom is 0.573 e. The van der Waals surface area contributed by atoms with Gasteiger partial charge < -0.3 is 9.84 Å². The highest BCUT2D eigenvalue weighted by Gasteiger charge is 2.48. The van der Waals surface area contributed by atoms with E-state index >= 15 is 0 Å². The van der Waals surface area contributed by atoms with Crippen molar-refractivity contribution in [3.63, 3.8) is 0 Å². The molecule has 0 aliphatic heterocycles. The van der Waals surface area contributed by atoms with Crippen LogP contribution in [0.5, 0.6) is 5.75 Å². The second kappa shape index (κ2) is 5.85. The summed E-state index contributed by atoms with van der Waals surface area (Å²) in [6.07, 6.45) is -2.17. The second-order valence-electron chi connectivity index (χ2n) is 5.71. The van der Waals surface area contributed by atoms with Crippen LogP contribution in [0.25, 0.3) is 0 Å². The van der Waals surface area contributed by atoms with Crippen LogP contribution in [0, 0.1) is 0 Å². The van der Waals surface area contributed by atoms with Crippen LogP contribution in [0.4, 0.5) is 13.2 Å². The van der Waals surface area contributed by atoms with Crippen LogP contribution in [0.1, 0.15) is 36.6 Å². The van der Waals surface area contributed by atoms with Gasteiger partial charge in [0, 0.05) is 17.2 Å². The van der Waals surface area contributed by atoms with Crippen molar-refractivity contribution in [1.82, 2.24) is 4.98 Å². The second-order valence-corrected chi connectivity index (χ2v) is 5.71. The third kappa shape index (κ3) is 3.03. The van der Waals surface area contributed by atoms with Crippen molar-refractivity contribution in [2.75, 3.05) is 0 Å². The van der Waals surface area contributed by atoms with Crippen LogP contribution in [0.2, 0.25) is 0 Å². The number of benzene rings is 1. The number of aliphatic hydroxyl groups is 1. The number of nitrogens with zero attached hydrogens (tertiary/aromatic N) is 1. The first-order valence-electron chi connectivity index (χ1n) is 7.37. The van der Waals surface area contributed by atoms with Crippen LogP contribution in [-0.4, -0.2) is 16.5 Å². The Hall–Kier alpha value is -2.08. The van der Waals surface area contributed by atoms with Crippen molar-refractivity contribution < 1.29 is 23.0 Å². The molecule has 1 saturated carbocycles. The Balaban J connectivity index is 2.01. The van der Waals surface area contributed by atoms with Crippen LogP contribution in [0.3, 0.4) is 0 Å². The van der Waals surface area contributed by atoms with E-state index in [0.717, 1.165) is 6.42 Å². The minimum atomic E-state index is -4.77. The number of pyridine rings is 1. The van der Waals surface area contributed by atoms with E-state index in [0.29, 0.717) is 24.1 Å². The van der Waals surface area contributed by atoms with Crippen molar-refractivity contribution in [2.24, 2.45) is 0 Å². The van der Waals surface area contributed by atoms with Gasteiger partial charge in [0.05, 0.1) is 5.69 Å². The largest absolute Gasteiger partial charge is 0.573 e. The first-order valence-corrected chi connectivity index (χ1v) is 7.37. The van der Waals surface area contributed by atoms with E-state index in [1.807, 2.05) is 0 Å². The first kappa shape index (κ1) is 15.8. The highest BCUT2D eigenvalue weighted by Crippen LogP contribution is 2.54. The quantitative estimate of drug-likeness (QED) is 0.920. The minimum absolute atomic E-state index is 0.255. The van der Waals surface area contributed by atoms with Gasteiger partial charge >= 0.3 is 6.36 Å². The molecule has 1 atom stereocenters. The minimum Gasteiger partial charge on any atom is -0.405 e. The van der Waals surface area contributed by atoms with E-state index in [1.54, 1.807) is 36.5 Å². The van der Waals surface area contributed by atoms with Gasteiger partial charge in [0.2, 0.25) is 0 Å². The summed E-state index contributed by atoms with van der Waals surface area (Å²) in [7, 11) is 0. The van der Waals surface area contributed by atoms with Gasteiger partial charge in [-0.25, -0.2) is 0 Å². The van der Waals surface area contributed by atoms with Gasteiger partial charge in [-0.05, 0) is 31.0 Å². The Morgan fingerprint density at radius 2 is 1.78 bits per heavy atom. The topological polar surface area (TPSA) is 42.4 Å². The van der Waals surface area contributed by atoms with Crippen LogP contribution < -0.4 is 4.74 Å². The number of para-hydroxylation sites is 1. The first-order chi connectivity index (χ1) is 10.9. The molecule has 1 aliphatic carbocycles.